The third-order valence-electron chi connectivity index (χ3n) is 2.79. The van der Waals surface area contributed by atoms with Crippen molar-refractivity contribution in [3.8, 4) is 0 Å². The highest BCUT2D eigenvalue weighted by Crippen LogP contribution is 2.27. The lowest BCUT2D eigenvalue weighted by atomic mass is 10.0. The van der Waals surface area contributed by atoms with E-state index >= 15 is 0 Å². The third kappa shape index (κ3) is 2.75. The van der Waals surface area contributed by atoms with Crippen molar-refractivity contribution in [1.82, 2.24) is 15.1 Å². The van der Waals surface area contributed by atoms with E-state index in [2.05, 4.69) is 17.3 Å². The molecule has 0 amide bonds. The van der Waals surface area contributed by atoms with E-state index in [4.69, 9.17) is 16.3 Å². The highest BCUT2D eigenvalue weighted by Gasteiger charge is 2.25. The summed E-state index contributed by atoms with van der Waals surface area (Å²) in [6, 6.07) is 0.0740. The average molecular weight is 246 g/mol. The van der Waals surface area contributed by atoms with Crippen LogP contribution in [0.3, 0.4) is 0 Å². The molecule has 92 valence electrons. The highest BCUT2D eigenvalue weighted by atomic mass is 35.5. The largest absolute Gasteiger partial charge is 0.379 e. The van der Waals surface area contributed by atoms with Crippen LogP contribution in [0.1, 0.15) is 31.5 Å². The summed E-state index contributed by atoms with van der Waals surface area (Å²) in [6.07, 6.45) is 3.85. The van der Waals surface area contributed by atoms with Gasteiger partial charge in [0.2, 0.25) is 0 Å². The Morgan fingerprint density at radius 1 is 1.62 bits per heavy atom. The first kappa shape index (κ1) is 13.5. The molecule has 0 radical (unpaired) electrons. The maximum absolute atomic E-state index is 6.14. The fraction of sp³-hybridized carbons (Fsp3) is 0.727. The van der Waals surface area contributed by atoms with Gasteiger partial charge in [0.15, 0.2) is 0 Å². The van der Waals surface area contributed by atoms with Crippen molar-refractivity contribution >= 4 is 11.6 Å². The molecule has 1 aromatic heterocycles. The van der Waals surface area contributed by atoms with Crippen LogP contribution in [0.25, 0.3) is 0 Å². The van der Waals surface area contributed by atoms with E-state index in [-0.39, 0.29) is 12.1 Å². The van der Waals surface area contributed by atoms with Gasteiger partial charge in [-0.1, -0.05) is 24.9 Å². The van der Waals surface area contributed by atoms with Crippen molar-refractivity contribution in [2.45, 2.75) is 31.9 Å². The van der Waals surface area contributed by atoms with Crippen LogP contribution in [0, 0.1) is 0 Å². The number of halogens is 1. The fourth-order valence-electron chi connectivity index (χ4n) is 1.97. The number of aryl methyl sites for hydroxylation is 1. The Morgan fingerprint density at radius 2 is 2.31 bits per heavy atom. The Hall–Kier alpha value is -0.580. The SMILES string of the molecule is CCCC(OC)C(NC)c1c(Cl)cnn1C. The Labute approximate surface area is 102 Å². The number of likely N-dealkylation sites (N-methyl/N-ethyl adjacent to an activating group) is 1. The lowest BCUT2D eigenvalue weighted by Crippen LogP contribution is -2.32. The number of aromatic nitrogens is 2. The van der Waals surface area contributed by atoms with Crippen LogP contribution in [0.5, 0.6) is 0 Å². The molecule has 1 aromatic rings. The van der Waals surface area contributed by atoms with Crippen LogP contribution in [0.2, 0.25) is 5.02 Å². The molecule has 1 heterocycles. The Bertz CT molecular complexity index is 308. The van der Waals surface area contributed by atoms with Gasteiger partial charge in [0.25, 0.3) is 0 Å². The summed E-state index contributed by atoms with van der Waals surface area (Å²) in [4.78, 5) is 0. The van der Waals surface area contributed by atoms with Gasteiger partial charge < -0.3 is 10.1 Å². The van der Waals surface area contributed by atoms with Crippen molar-refractivity contribution in [2.75, 3.05) is 14.2 Å². The third-order valence-corrected chi connectivity index (χ3v) is 3.08. The molecule has 0 fully saturated rings. The molecule has 1 N–H and O–H groups in total. The summed E-state index contributed by atoms with van der Waals surface area (Å²) in [7, 11) is 5.54. The monoisotopic (exact) mass is 245 g/mol. The number of nitrogens with zero attached hydrogens (tertiary/aromatic N) is 2. The van der Waals surface area contributed by atoms with Crippen LogP contribution >= 0.6 is 11.6 Å². The molecule has 0 aliphatic heterocycles. The molecule has 16 heavy (non-hydrogen) atoms. The van der Waals surface area contributed by atoms with Crippen molar-refractivity contribution < 1.29 is 4.74 Å². The molecule has 0 aromatic carbocycles. The van der Waals surface area contributed by atoms with Gasteiger partial charge in [0.1, 0.15) is 0 Å². The molecule has 5 heteroatoms. The fourth-order valence-corrected chi connectivity index (χ4v) is 2.26. The maximum Gasteiger partial charge on any atom is 0.0835 e. The number of hydrogen-bond acceptors (Lipinski definition) is 3. The van der Waals surface area contributed by atoms with E-state index in [0.717, 1.165) is 18.5 Å². The van der Waals surface area contributed by atoms with Crippen molar-refractivity contribution in [1.29, 1.82) is 0 Å². The molecule has 2 unspecified atom stereocenters. The van der Waals surface area contributed by atoms with Gasteiger partial charge in [-0.15, -0.1) is 0 Å². The second-order valence-corrected chi connectivity index (χ2v) is 4.24. The smallest absolute Gasteiger partial charge is 0.0835 e. The second kappa shape index (κ2) is 6.23. The first-order chi connectivity index (χ1) is 7.65. The van der Waals surface area contributed by atoms with Crippen LogP contribution in [-0.2, 0) is 11.8 Å². The minimum atomic E-state index is 0.0740. The Kier molecular flexibility index (Phi) is 5.25. The van der Waals surface area contributed by atoms with Gasteiger partial charge in [-0.2, -0.15) is 5.10 Å². The van der Waals surface area contributed by atoms with E-state index in [1.54, 1.807) is 18.0 Å². The zero-order valence-corrected chi connectivity index (χ0v) is 11.1. The van der Waals surface area contributed by atoms with Crippen LogP contribution in [-0.4, -0.2) is 30.0 Å². The standard InChI is InChI=1S/C11H20ClN3O/c1-5-6-9(16-4)10(13-2)11-8(12)7-14-15(11)3/h7,9-10,13H,5-6H2,1-4H3. The molecule has 0 saturated heterocycles. The van der Waals surface area contributed by atoms with Crippen molar-refractivity contribution in [3.63, 3.8) is 0 Å². The topological polar surface area (TPSA) is 39.1 Å². The zero-order valence-electron chi connectivity index (χ0n) is 10.3. The lowest BCUT2D eigenvalue weighted by Gasteiger charge is -2.26. The van der Waals surface area contributed by atoms with E-state index in [9.17, 15) is 0 Å². The number of ether oxygens (including phenoxy) is 1. The molecule has 1 rings (SSSR count). The summed E-state index contributed by atoms with van der Waals surface area (Å²) in [5.41, 5.74) is 0.976. The molecular weight excluding hydrogens is 226 g/mol. The van der Waals surface area contributed by atoms with Crippen LogP contribution < -0.4 is 5.32 Å². The van der Waals surface area contributed by atoms with Gasteiger partial charge >= 0.3 is 0 Å². The average Bonchev–Trinajstić information content (AvgIpc) is 2.60. The summed E-state index contributed by atoms with van der Waals surface area (Å²) < 4.78 is 7.31. The predicted molar refractivity (Wildman–Crippen MR) is 65.7 cm³/mol. The molecule has 0 saturated carbocycles. The zero-order chi connectivity index (χ0) is 12.1. The van der Waals surface area contributed by atoms with E-state index < -0.39 is 0 Å². The molecule has 0 bridgehead atoms. The summed E-state index contributed by atoms with van der Waals surface area (Å²) in [6.45, 7) is 2.14. The van der Waals surface area contributed by atoms with E-state index in [0.29, 0.717) is 5.02 Å². The predicted octanol–water partition coefficient (Wildman–Crippen LogP) is 2.15. The first-order valence-corrected chi connectivity index (χ1v) is 5.90. The minimum absolute atomic E-state index is 0.0740. The van der Waals surface area contributed by atoms with Crippen LogP contribution in [0.4, 0.5) is 0 Å². The van der Waals surface area contributed by atoms with Gasteiger partial charge in [-0.05, 0) is 13.5 Å². The second-order valence-electron chi connectivity index (χ2n) is 3.83. The number of hydrogen-bond donors (Lipinski definition) is 1. The molecule has 0 aliphatic carbocycles. The van der Waals surface area contributed by atoms with Gasteiger partial charge in [0, 0.05) is 14.2 Å². The van der Waals surface area contributed by atoms with Gasteiger partial charge in [0.05, 0.1) is 29.1 Å². The molecule has 2 atom stereocenters. The lowest BCUT2D eigenvalue weighted by molar-refractivity contribution is 0.0606. The minimum Gasteiger partial charge on any atom is -0.379 e. The Morgan fingerprint density at radius 3 is 2.69 bits per heavy atom. The highest BCUT2D eigenvalue weighted by molar-refractivity contribution is 6.31. The van der Waals surface area contributed by atoms with E-state index in [1.807, 2.05) is 14.1 Å². The van der Waals surface area contributed by atoms with Crippen LogP contribution in [0.15, 0.2) is 6.20 Å². The normalized spacial score (nSPS) is 15.1. The molecule has 4 nitrogen and oxygen atoms in total. The quantitative estimate of drug-likeness (QED) is 0.835. The number of methoxy groups -OCH3 is 1. The van der Waals surface area contributed by atoms with Crippen molar-refractivity contribution in [3.05, 3.63) is 16.9 Å². The maximum atomic E-state index is 6.14. The number of rotatable bonds is 6. The summed E-state index contributed by atoms with van der Waals surface area (Å²) in [5.74, 6) is 0. The summed E-state index contributed by atoms with van der Waals surface area (Å²) >= 11 is 6.14. The van der Waals surface area contributed by atoms with Gasteiger partial charge in [-0.25, -0.2) is 0 Å². The number of nitrogens with one attached hydrogen (secondary N) is 1. The van der Waals surface area contributed by atoms with Crippen molar-refractivity contribution in [2.24, 2.45) is 7.05 Å². The Balaban J connectivity index is 2.96. The summed E-state index contributed by atoms with van der Waals surface area (Å²) in [5, 5.41) is 8.08. The van der Waals surface area contributed by atoms with E-state index in [1.165, 1.54) is 0 Å². The molecule has 0 spiro atoms. The van der Waals surface area contributed by atoms with Gasteiger partial charge in [-0.3, -0.25) is 4.68 Å². The first-order valence-electron chi connectivity index (χ1n) is 5.53. The molecule has 0 aliphatic rings. The molecular formula is C11H20ClN3O.